The van der Waals surface area contributed by atoms with Crippen molar-refractivity contribution in [1.29, 1.82) is 0 Å². The van der Waals surface area contributed by atoms with E-state index in [0.29, 0.717) is 12.6 Å². The van der Waals surface area contributed by atoms with E-state index in [1.807, 2.05) is 6.07 Å². The van der Waals surface area contributed by atoms with E-state index in [0.717, 1.165) is 6.42 Å². The fourth-order valence-electron chi connectivity index (χ4n) is 1.30. The van der Waals surface area contributed by atoms with E-state index in [9.17, 15) is 0 Å². The predicted octanol–water partition coefficient (Wildman–Crippen LogP) is 2.90. The van der Waals surface area contributed by atoms with Gasteiger partial charge < -0.3 is 0 Å². The van der Waals surface area contributed by atoms with Gasteiger partial charge in [-0.25, -0.2) is 3.11 Å². The fourth-order valence-corrected chi connectivity index (χ4v) is 1.69. The Morgan fingerprint density at radius 3 is 2.64 bits per heavy atom. The number of hydrogen-bond donors (Lipinski definition) is 0. The summed E-state index contributed by atoms with van der Waals surface area (Å²) in [5.74, 6) is 2.65. The molecule has 1 aromatic rings. The quantitative estimate of drug-likeness (QED) is 0.469. The second kappa shape index (κ2) is 6.05. The molecule has 0 saturated carbocycles. The minimum atomic E-state index is 0.481. The Kier molecular flexibility index (Phi) is 4.99. The van der Waals surface area contributed by atoms with Gasteiger partial charge in [-0.1, -0.05) is 36.3 Å². The fraction of sp³-hybridized carbons (Fsp3) is 0.333. The topological polar surface area (TPSA) is 3.24 Å². The standard InChI is InChI=1S/C12H14IN/c1-3-9-14(13)11(2)10-12-7-5-4-6-8-12/h1,4-8,11H,9-10H2,2H3/t11-/m1/s1. The molecule has 0 radical (unpaired) electrons. The van der Waals surface area contributed by atoms with Crippen LogP contribution in [-0.4, -0.2) is 15.7 Å². The zero-order valence-electron chi connectivity index (χ0n) is 8.28. The molecule has 0 heterocycles. The summed E-state index contributed by atoms with van der Waals surface area (Å²) >= 11 is 2.29. The lowest BCUT2D eigenvalue weighted by atomic mass is 10.1. The molecule has 0 saturated heterocycles. The Bertz CT molecular complexity index is 302. The summed E-state index contributed by atoms with van der Waals surface area (Å²) in [6.45, 7) is 2.89. The van der Waals surface area contributed by atoms with Crippen molar-refractivity contribution in [1.82, 2.24) is 3.11 Å². The number of terminal acetylenes is 1. The average Bonchev–Trinajstić information content (AvgIpc) is 2.19. The Morgan fingerprint density at radius 2 is 2.07 bits per heavy atom. The first-order valence-electron chi connectivity index (χ1n) is 4.64. The van der Waals surface area contributed by atoms with Crippen molar-refractivity contribution in [2.24, 2.45) is 0 Å². The molecule has 0 aliphatic rings. The normalized spacial score (nSPS) is 12.4. The highest BCUT2D eigenvalue weighted by molar-refractivity contribution is 14.1. The van der Waals surface area contributed by atoms with Crippen LogP contribution >= 0.6 is 22.9 Å². The van der Waals surface area contributed by atoms with Crippen LogP contribution in [0.1, 0.15) is 12.5 Å². The van der Waals surface area contributed by atoms with Gasteiger partial charge in [-0.2, -0.15) is 0 Å². The molecular weight excluding hydrogens is 285 g/mol. The van der Waals surface area contributed by atoms with Crippen LogP contribution in [0.2, 0.25) is 0 Å². The summed E-state index contributed by atoms with van der Waals surface area (Å²) in [7, 11) is 0. The van der Waals surface area contributed by atoms with Crippen LogP contribution in [0.15, 0.2) is 30.3 Å². The third-order valence-corrected chi connectivity index (χ3v) is 3.39. The predicted molar refractivity (Wildman–Crippen MR) is 69.2 cm³/mol. The first kappa shape index (κ1) is 11.5. The van der Waals surface area contributed by atoms with Crippen LogP contribution in [0.25, 0.3) is 0 Å². The van der Waals surface area contributed by atoms with E-state index in [1.165, 1.54) is 5.56 Å². The lowest BCUT2D eigenvalue weighted by molar-refractivity contribution is 0.440. The molecule has 14 heavy (non-hydrogen) atoms. The molecule has 1 rings (SSSR count). The molecule has 0 aromatic heterocycles. The molecule has 1 aromatic carbocycles. The highest BCUT2D eigenvalue weighted by Gasteiger charge is 2.09. The Hall–Kier alpha value is -0.530. The van der Waals surface area contributed by atoms with Crippen molar-refractivity contribution in [3.05, 3.63) is 35.9 Å². The molecule has 2 heteroatoms. The SMILES string of the molecule is C#CCN(I)[C@H](C)Cc1ccccc1. The average molecular weight is 299 g/mol. The molecule has 0 amide bonds. The van der Waals surface area contributed by atoms with E-state index in [4.69, 9.17) is 6.42 Å². The van der Waals surface area contributed by atoms with Gasteiger partial charge in [-0.05, 0) is 18.9 Å². The van der Waals surface area contributed by atoms with Crippen molar-refractivity contribution < 1.29 is 0 Å². The van der Waals surface area contributed by atoms with E-state index in [1.54, 1.807) is 0 Å². The maximum Gasteiger partial charge on any atom is 0.0693 e. The first-order valence-corrected chi connectivity index (χ1v) is 5.60. The van der Waals surface area contributed by atoms with Gasteiger partial charge >= 0.3 is 0 Å². The second-order valence-electron chi connectivity index (χ2n) is 3.30. The molecule has 0 aliphatic carbocycles. The highest BCUT2D eigenvalue weighted by Crippen LogP contribution is 2.11. The van der Waals surface area contributed by atoms with Gasteiger partial charge in [0.05, 0.1) is 6.54 Å². The molecule has 0 bridgehead atoms. The largest absolute Gasteiger partial charge is 0.232 e. The summed E-state index contributed by atoms with van der Waals surface area (Å²) in [5, 5.41) is 0. The van der Waals surface area contributed by atoms with Gasteiger partial charge in [0.2, 0.25) is 0 Å². The smallest absolute Gasteiger partial charge is 0.0693 e. The number of nitrogens with zero attached hydrogens (tertiary/aromatic N) is 1. The van der Waals surface area contributed by atoms with Crippen LogP contribution in [0.5, 0.6) is 0 Å². The number of rotatable bonds is 4. The third-order valence-electron chi connectivity index (χ3n) is 2.09. The zero-order valence-corrected chi connectivity index (χ0v) is 10.4. The molecule has 74 valence electrons. The molecule has 0 unspecified atom stereocenters. The molecule has 0 fully saturated rings. The second-order valence-corrected chi connectivity index (χ2v) is 4.54. The van der Waals surface area contributed by atoms with Crippen molar-refractivity contribution in [3.8, 4) is 12.3 Å². The van der Waals surface area contributed by atoms with Crippen LogP contribution in [0.4, 0.5) is 0 Å². The van der Waals surface area contributed by atoms with Gasteiger partial charge in [0.25, 0.3) is 0 Å². The van der Waals surface area contributed by atoms with Crippen molar-refractivity contribution >= 4 is 22.9 Å². The van der Waals surface area contributed by atoms with E-state index < -0.39 is 0 Å². The van der Waals surface area contributed by atoms with E-state index in [-0.39, 0.29) is 0 Å². The minimum absolute atomic E-state index is 0.481. The van der Waals surface area contributed by atoms with Gasteiger partial charge in [-0.15, -0.1) is 6.42 Å². The third kappa shape index (κ3) is 3.69. The Morgan fingerprint density at radius 1 is 1.43 bits per heavy atom. The van der Waals surface area contributed by atoms with Crippen LogP contribution < -0.4 is 0 Å². The zero-order chi connectivity index (χ0) is 10.4. The summed E-state index contributed by atoms with van der Waals surface area (Å²) in [5.41, 5.74) is 1.36. The number of halogens is 1. The molecule has 1 nitrogen and oxygen atoms in total. The maximum absolute atomic E-state index is 5.26. The maximum atomic E-state index is 5.26. The van der Waals surface area contributed by atoms with Crippen LogP contribution in [-0.2, 0) is 6.42 Å². The monoisotopic (exact) mass is 299 g/mol. The molecule has 0 aliphatic heterocycles. The van der Waals surface area contributed by atoms with E-state index in [2.05, 4.69) is 63.1 Å². The molecule has 0 spiro atoms. The van der Waals surface area contributed by atoms with E-state index >= 15 is 0 Å². The number of benzene rings is 1. The number of hydrogen-bond acceptors (Lipinski definition) is 1. The van der Waals surface area contributed by atoms with Gasteiger partial charge in [0.1, 0.15) is 0 Å². The van der Waals surface area contributed by atoms with Gasteiger partial charge in [0.15, 0.2) is 0 Å². The van der Waals surface area contributed by atoms with Gasteiger partial charge in [-0.3, -0.25) is 0 Å². The summed E-state index contributed by atoms with van der Waals surface area (Å²) in [6, 6.07) is 11.0. The first-order chi connectivity index (χ1) is 6.74. The summed E-state index contributed by atoms with van der Waals surface area (Å²) in [4.78, 5) is 0. The lowest BCUT2D eigenvalue weighted by Crippen LogP contribution is -2.25. The molecule has 0 N–H and O–H groups in total. The minimum Gasteiger partial charge on any atom is -0.232 e. The van der Waals surface area contributed by atoms with Crippen molar-refractivity contribution in [3.63, 3.8) is 0 Å². The van der Waals surface area contributed by atoms with Crippen molar-refractivity contribution in [2.75, 3.05) is 6.54 Å². The van der Waals surface area contributed by atoms with Crippen LogP contribution in [0.3, 0.4) is 0 Å². The Balaban J connectivity index is 2.49. The molecular formula is C12H14IN. The van der Waals surface area contributed by atoms with Crippen molar-refractivity contribution in [2.45, 2.75) is 19.4 Å². The lowest BCUT2D eigenvalue weighted by Gasteiger charge is -2.19. The summed E-state index contributed by atoms with van der Waals surface area (Å²) in [6.07, 6.45) is 6.31. The Labute approximate surface area is 100.0 Å². The highest BCUT2D eigenvalue weighted by atomic mass is 127. The van der Waals surface area contributed by atoms with Gasteiger partial charge in [0, 0.05) is 28.9 Å². The summed E-state index contributed by atoms with van der Waals surface area (Å²) < 4.78 is 2.16. The molecule has 1 atom stereocenters. The van der Waals surface area contributed by atoms with Crippen LogP contribution in [0, 0.1) is 12.3 Å².